The first kappa shape index (κ1) is 14.3. The molecule has 2 heterocycles. The summed E-state index contributed by atoms with van der Waals surface area (Å²) >= 11 is 1.62. The average Bonchev–Trinajstić information content (AvgIpc) is 3.07. The van der Waals surface area contributed by atoms with Gasteiger partial charge >= 0.3 is 0 Å². The monoisotopic (exact) mass is 306 g/mol. The minimum Gasteiger partial charge on any atom is -0.368 e. The number of H-pyrrole nitrogens is 1. The van der Waals surface area contributed by atoms with Crippen molar-refractivity contribution < 1.29 is 4.79 Å². The first-order chi connectivity index (χ1) is 10.1. The number of thioether (sulfide) groups is 1. The van der Waals surface area contributed by atoms with Crippen LogP contribution in [0.3, 0.4) is 0 Å². The molecule has 8 heteroatoms. The van der Waals surface area contributed by atoms with Crippen molar-refractivity contribution in [3.05, 3.63) is 12.7 Å². The Morgan fingerprint density at radius 1 is 1.48 bits per heavy atom. The molecule has 112 valence electrons. The summed E-state index contributed by atoms with van der Waals surface area (Å²) in [4.78, 5) is 27.1. The number of carbonyl (C=O) groups excluding carboxylic acids is 1. The van der Waals surface area contributed by atoms with E-state index < -0.39 is 5.54 Å². The molecular formula is C13H18N6OS. The summed E-state index contributed by atoms with van der Waals surface area (Å²) in [6.45, 7) is 0. The number of nitrogens with one attached hydrogen (secondary N) is 1. The first-order valence-electron chi connectivity index (χ1n) is 6.97. The van der Waals surface area contributed by atoms with Crippen LogP contribution in [0, 0.1) is 5.92 Å². The van der Waals surface area contributed by atoms with Gasteiger partial charge in [-0.15, -0.1) is 11.8 Å². The van der Waals surface area contributed by atoms with Gasteiger partial charge in [-0.3, -0.25) is 4.79 Å². The summed E-state index contributed by atoms with van der Waals surface area (Å²) < 4.78 is 0. The molecule has 2 unspecified atom stereocenters. The molecule has 0 bridgehead atoms. The van der Waals surface area contributed by atoms with Crippen LogP contribution >= 0.6 is 11.8 Å². The SMILES string of the molecule is NC(=O)C1(N)CCCC1CCSc1ncnc2nc[nH]c12. The number of hydrogen-bond donors (Lipinski definition) is 3. The Morgan fingerprint density at radius 2 is 2.33 bits per heavy atom. The molecule has 1 aliphatic carbocycles. The molecule has 1 amide bonds. The van der Waals surface area contributed by atoms with Crippen molar-refractivity contribution in [1.29, 1.82) is 0 Å². The van der Waals surface area contributed by atoms with E-state index in [1.54, 1.807) is 18.1 Å². The van der Waals surface area contributed by atoms with Gasteiger partial charge in [0.15, 0.2) is 5.65 Å². The lowest BCUT2D eigenvalue weighted by Crippen LogP contribution is -2.54. The molecule has 2 aromatic rings. The molecule has 3 rings (SSSR count). The Bertz CT molecular complexity index is 659. The fraction of sp³-hybridized carbons (Fsp3) is 0.538. The third kappa shape index (κ3) is 2.60. The lowest BCUT2D eigenvalue weighted by atomic mass is 9.85. The topological polar surface area (TPSA) is 124 Å². The standard InChI is InChI=1S/C13H18N6OS/c14-12(20)13(15)4-1-2-8(13)3-5-21-11-9-10(17-6-16-9)18-7-19-11/h6-8H,1-5,15H2,(H2,14,20)(H,16,17,18,19). The second kappa shape index (κ2) is 5.61. The molecule has 5 N–H and O–H groups in total. The highest BCUT2D eigenvalue weighted by Gasteiger charge is 2.43. The van der Waals surface area contributed by atoms with Gasteiger partial charge in [-0.25, -0.2) is 15.0 Å². The number of imidazole rings is 1. The summed E-state index contributed by atoms with van der Waals surface area (Å²) in [6.07, 6.45) is 6.59. The van der Waals surface area contributed by atoms with Gasteiger partial charge in [-0.05, 0) is 30.9 Å². The molecule has 1 saturated carbocycles. The van der Waals surface area contributed by atoms with E-state index in [0.717, 1.165) is 35.6 Å². The van der Waals surface area contributed by atoms with Gasteiger partial charge in [0.25, 0.3) is 0 Å². The number of fused-ring (bicyclic) bond motifs is 1. The van der Waals surface area contributed by atoms with Crippen LogP contribution in [0.2, 0.25) is 0 Å². The van der Waals surface area contributed by atoms with E-state index in [4.69, 9.17) is 11.5 Å². The summed E-state index contributed by atoms with van der Waals surface area (Å²) in [5.41, 5.74) is 12.3. The number of hydrogen-bond acceptors (Lipinski definition) is 6. The number of aromatic amines is 1. The summed E-state index contributed by atoms with van der Waals surface area (Å²) in [5.74, 6) is 0.608. The van der Waals surface area contributed by atoms with Gasteiger partial charge in [0, 0.05) is 0 Å². The maximum Gasteiger partial charge on any atom is 0.237 e. The molecule has 0 aliphatic heterocycles. The van der Waals surface area contributed by atoms with Gasteiger partial charge in [-0.2, -0.15) is 0 Å². The molecule has 0 radical (unpaired) electrons. The van der Waals surface area contributed by atoms with Crippen LogP contribution in [-0.2, 0) is 4.79 Å². The Balaban J connectivity index is 1.64. The zero-order valence-electron chi connectivity index (χ0n) is 11.6. The number of rotatable bonds is 5. The van der Waals surface area contributed by atoms with Crippen LogP contribution in [0.1, 0.15) is 25.7 Å². The molecular weight excluding hydrogens is 288 g/mol. The Hall–Kier alpha value is -1.67. The number of aromatic nitrogens is 4. The van der Waals surface area contributed by atoms with E-state index in [-0.39, 0.29) is 11.8 Å². The smallest absolute Gasteiger partial charge is 0.237 e. The zero-order chi connectivity index (χ0) is 14.9. The minimum absolute atomic E-state index is 0.154. The van der Waals surface area contributed by atoms with Crippen molar-refractivity contribution in [3.8, 4) is 0 Å². The Labute approximate surface area is 126 Å². The molecule has 0 saturated heterocycles. The predicted molar refractivity (Wildman–Crippen MR) is 80.5 cm³/mol. The van der Waals surface area contributed by atoms with E-state index in [1.165, 1.54) is 6.33 Å². The van der Waals surface area contributed by atoms with E-state index in [9.17, 15) is 4.79 Å². The molecule has 7 nitrogen and oxygen atoms in total. The van der Waals surface area contributed by atoms with Crippen molar-refractivity contribution in [1.82, 2.24) is 19.9 Å². The number of primary amides is 1. The van der Waals surface area contributed by atoms with Crippen LogP contribution in [0.5, 0.6) is 0 Å². The van der Waals surface area contributed by atoms with Crippen molar-refractivity contribution in [2.75, 3.05) is 5.75 Å². The molecule has 0 spiro atoms. The third-order valence-corrected chi connectivity index (χ3v) is 5.25. The predicted octanol–water partition coefficient (Wildman–Crippen LogP) is 0.818. The lowest BCUT2D eigenvalue weighted by molar-refractivity contribution is -0.124. The van der Waals surface area contributed by atoms with Crippen molar-refractivity contribution in [3.63, 3.8) is 0 Å². The maximum absolute atomic E-state index is 11.6. The molecule has 2 atom stereocenters. The highest BCUT2D eigenvalue weighted by atomic mass is 32.2. The van der Waals surface area contributed by atoms with Crippen LogP contribution in [-0.4, -0.2) is 37.1 Å². The van der Waals surface area contributed by atoms with Gasteiger partial charge in [0.1, 0.15) is 16.9 Å². The number of nitrogens with two attached hydrogens (primary N) is 2. The maximum atomic E-state index is 11.6. The van der Waals surface area contributed by atoms with Crippen molar-refractivity contribution >= 4 is 28.8 Å². The van der Waals surface area contributed by atoms with Crippen molar-refractivity contribution in [2.45, 2.75) is 36.2 Å². The normalized spacial score (nSPS) is 25.5. The average molecular weight is 306 g/mol. The molecule has 21 heavy (non-hydrogen) atoms. The highest BCUT2D eigenvalue weighted by molar-refractivity contribution is 7.99. The number of nitrogens with zero attached hydrogens (tertiary/aromatic N) is 3. The lowest BCUT2D eigenvalue weighted by Gasteiger charge is -2.27. The summed E-state index contributed by atoms with van der Waals surface area (Å²) in [6, 6.07) is 0. The van der Waals surface area contributed by atoms with Crippen LogP contribution in [0.25, 0.3) is 11.2 Å². The molecule has 1 aliphatic rings. The van der Waals surface area contributed by atoms with E-state index in [1.807, 2.05) is 0 Å². The Morgan fingerprint density at radius 3 is 3.14 bits per heavy atom. The van der Waals surface area contributed by atoms with Crippen LogP contribution in [0.4, 0.5) is 0 Å². The van der Waals surface area contributed by atoms with Crippen molar-refractivity contribution in [2.24, 2.45) is 17.4 Å². The number of amides is 1. The highest BCUT2D eigenvalue weighted by Crippen LogP contribution is 2.37. The Kier molecular flexibility index (Phi) is 3.81. The minimum atomic E-state index is -0.838. The van der Waals surface area contributed by atoms with E-state index in [0.29, 0.717) is 12.1 Å². The molecule has 0 aromatic carbocycles. The summed E-state index contributed by atoms with van der Waals surface area (Å²) in [7, 11) is 0. The fourth-order valence-corrected chi connectivity index (χ4v) is 3.99. The van der Waals surface area contributed by atoms with Crippen LogP contribution < -0.4 is 11.5 Å². The second-order valence-electron chi connectivity index (χ2n) is 5.41. The molecule has 1 fully saturated rings. The first-order valence-corrected chi connectivity index (χ1v) is 7.95. The zero-order valence-corrected chi connectivity index (χ0v) is 12.4. The summed E-state index contributed by atoms with van der Waals surface area (Å²) in [5, 5.41) is 0.872. The third-order valence-electron chi connectivity index (χ3n) is 4.22. The molecule has 2 aromatic heterocycles. The van der Waals surface area contributed by atoms with Gasteiger partial charge in [-0.1, -0.05) is 6.42 Å². The van der Waals surface area contributed by atoms with Gasteiger partial charge < -0.3 is 16.5 Å². The second-order valence-corrected chi connectivity index (χ2v) is 6.49. The van der Waals surface area contributed by atoms with Gasteiger partial charge in [0.05, 0.1) is 11.9 Å². The van der Waals surface area contributed by atoms with Gasteiger partial charge in [0.2, 0.25) is 5.91 Å². The largest absolute Gasteiger partial charge is 0.368 e. The number of carbonyl (C=O) groups is 1. The fourth-order valence-electron chi connectivity index (χ4n) is 2.98. The van der Waals surface area contributed by atoms with E-state index >= 15 is 0 Å². The quantitative estimate of drug-likeness (QED) is 0.555. The van der Waals surface area contributed by atoms with E-state index in [2.05, 4.69) is 19.9 Å². The van der Waals surface area contributed by atoms with Crippen LogP contribution in [0.15, 0.2) is 17.7 Å².